The summed E-state index contributed by atoms with van der Waals surface area (Å²) in [5.41, 5.74) is 3.23. The molecule has 0 fully saturated rings. The minimum Gasteiger partial charge on any atom is -1.00 e. The molecule has 0 aliphatic rings. The summed E-state index contributed by atoms with van der Waals surface area (Å²) < 4.78 is 11.5. The van der Waals surface area contributed by atoms with E-state index >= 15 is 0 Å². The molecule has 0 spiro atoms. The summed E-state index contributed by atoms with van der Waals surface area (Å²) in [6, 6.07) is 22.3. The number of nitrogens with one attached hydrogen (secondary N) is 1. The van der Waals surface area contributed by atoms with Gasteiger partial charge in [0.2, 0.25) is 0 Å². The smallest absolute Gasteiger partial charge is 0.180 e. The Kier molecular flexibility index (Phi) is 10.5. The molecule has 3 rings (SSSR count). The minimum absolute atomic E-state index is 0. The van der Waals surface area contributed by atoms with Crippen LogP contribution in [0.15, 0.2) is 66.7 Å². The van der Waals surface area contributed by atoms with Crippen LogP contribution in [0.5, 0.6) is 11.5 Å². The van der Waals surface area contributed by atoms with Crippen LogP contribution >= 0.6 is 23.2 Å². The Hall–Kier alpha value is -1.91. The van der Waals surface area contributed by atoms with Crippen molar-refractivity contribution in [3.8, 4) is 11.5 Å². The Labute approximate surface area is 201 Å². The zero-order chi connectivity index (χ0) is 21.3. The van der Waals surface area contributed by atoms with Crippen molar-refractivity contribution in [2.45, 2.75) is 39.0 Å². The zero-order valence-corrected chi connectivity index (χ0v) is 20.0. The van der Waals surface area contributed by atoms with Gasteiger partial charge in [0.15, 0.2) is 11.5 Å². The Balaban J connectivity index is 0.00000341. The van der Waals surface area contributed by atoms with Crippen LogP contribution in [0.4, 0.5) is 0 Å². The predicted octanol–water partition coefficient (Wildman–Crippen LogP) is 4.22. The lowest BCUT2D eigenvalue weighted by Gasteiger charge is -2.20. The van der Waals surface area contributed by atoms with Gasteiger partial charge in [-0.15, -0.1) is 0 Å². The monoisotopic (exact) mass is 478 g/mol. The quantitative estimate of drug-likeness (QED) is 0.472. The molecule has 3 aromatic carbocycles. The fourth-order valence-electron chi connectivity index (χ4n) is 3.38. The Morgan fingerprint density at radius 2 is 1.65 bits per heavy atom. The Morgan fingerprint density at radius 3 is 2.32 bits per heavy atom. The van der Waals surface area contributed by atoms with Crippen LogP contribution in [0.25, 0.3) is 0 Å². The van der Waals surface area contributed by atoms with Gasteiger partial charge in [-0.25, -0.2) is 0 Å². The van der Waals surface area contributed by atoms with Crippen LogP contribution in [0.1, 0.15) is 42.5 Å². The molecule has 0 heterocycles. The van der Waals surface area contributed by atoms with Crippen molar-refractivity contribution >= 4 is 23.2 Å². The highest BCUT2D eigenvalue weighted by molar-refractivity contribution is 6.32. The van der Waals surface area contributed by atoms with E-state index in [0.29, 0.717) is 34.7 Å². The highest BCUT2D eigenvalue weighted by Crippen LogP contribution is 2.37. The number of hydrogen-bond acceptors (Lipinski definition) is 3. The highest BCUT2D eigenvalue weighted by Gasteiger charge is 2.15. The fraction of sp³-hybridized carbons (Fsp3) is 0.280. The maximum Gasteiger partial charge on any atom is 0.180 e. The van der Waals surface area contributed by atoms with E-state index in [-0.39, 0.29) is 18.4 Å². The molecule has 0 aliphatic carbocycles. The topological polar surface area (TPSA) is 30.5 Å². The standard InChI is InChI=1S/C25H27Cl2NO2.ClH/c1-3-9-23(19-10-5-4-6-11-19)28-16-18-14-22(27)25(24(15-18)29-2)30-17-20-12-7-8-13-21(20)26;/h4-8,10-15,23,28H,3,9,16-17H2,1-2H3;1H/p-1. The number of benzene rings is 3. The van der Waals surface area contributed by atoms with Crippen LogP contribution in [0.2, 0.25) is 10.0 Å². The predicted molar refractivity (Wildman–Crippen MR) is 125 cm³/mol. The van der Waals surface area contributed by atoms with Crippen LogP contribution in [0.3, 0.4) is 0 Å². The van der Waals surface area contributed by atoms with E-state index in [1.807, 2.05) is 42.5 Å². The van der Waals surface area contributed by atoms with Gasteiger partial charge in [0.05, 0.1) is 12.1 Å². The van der Waals surface area contributed by atoms with Crippen molar-refractivity contribution < 1.29 is 21.9 Å². The molecule has 0 saturated carbocycles. The summed E-state index contributed by atoms with van der Waals surface area (Å²) in [6.07, 6.45) is 2.17. The summed E-state index contributed by atoms with van der Waals surface area (Å²) in [5.74, 6) is 1.13. The molecule has 3 aromatic rings. The molecule has 0 aromatic heterocycles. The second-order valence-corrected chi connectivity index (χ2v) is 7.94. The lowest BCUT2D eigenvalue weighted by atomic mass is 10.0. The van der Waals surface area contributed by atoms with E-state index in [1.165, 1.54) is 5.56 Å². The molecular weight excluding hydrogens is 453 g/mol. The zero-order valence-electron chi connectivity index (χ0n) is 17.7. The third kappa shape index (κ3) is 7.05. The number of halogens is 3. The highest BCUT2D eigenvalue weighted by atomic mass is 35.5. The first-order chi connectivity index (χ1) is 14.6. The molecule has 6 heteroatoms. The molecule has 0 aliphatic heterocycles. The van der Waals surface area contributed by atoms with Gasteiger partial charge in [-0.05, 0) is 35.7 Å². The lowest BCUT2D eigenvalue weighted by molar-refractivity contribution is -0.00000652. The van der Waals surface area contributed by atoms with Gasteiger partial charge in [-0.3, -0.25) is 0 Å². The normalized spacial score (nSPS) is 11.5. The molecule has 1 N–H and O–H groups in total. The van der Waals surface area contributed by atoms with Crippen molar-refractivity contribution in [3.63, 3.8) is 0 Å². The second-order valence-electron chi connectivity index (χ2n) is 7.12. The number of rotatable bonds is 10. The van der Waals surface area contributed by atoms with E-state index in [9.17, 15) is 0 Å². The summed E-state index contributed by atoms with van der Waals surface area (Å²) >= 11 is 12.8. The second kappa shape index (κ2) is 12.8. The van der Waals surface area contributed by atoms with Gasteiger partial charge in [0.1, 0.15) is 6.61 Å². The first kappa shape index (κ1) is 25.4. The summed E-state index contributed by atoms with van der Waals surface area (Å²) in [5, 5.41) is 4.83. The van der Waals surface area contributed by atoms with Gasteiger partial charge < -0.3 is 27.2 Å². The lowest BCUT2D eigenvalue weighted by Crippen LogP contribution is -3.00. The molecule has 1 atom stereocenters. The number of methoxy groups -OCH3 is 1. The average molecular weight is 480 g/mol. The van der Waals surface area contributed by atoms with Gasteiger partial charge in [0, 0.05) is 23.2 Å². The van der Waals surface area contributed by atoms with E-state index in [4.69, 9.17) is 32.7 Å². The molecule has 0 amide bonds. The maximum atomic E-state index is 6.55. The molecule has 31 heavy (non-hydrogen) atoms. The SMILES string of the molecule is CCCC(NCc1cc(Cl)c(OCc2ccccc2Cl)c(OC)c1)c1ccccc1.[Cl-]. The Bertz CT molecular complexity index is 951. The van der Waals surface area contributed by atoms with E-state index in [1.54, 1.807) is 7.11 Å². The van der Waals surface area contributed by atoms with E-state index < -0.39 is 0 Å². The molecule has 0 radical (unpaired) electrons. The Morgan fingerprint density at radius 1 is 0.935 bits per heavy atom. The minimum atomic E-state index is 0. The molecule has 166 valence electrons. The van der Waals surface area contributed by atoms with Crippen LogP contribution < -0.4 is 27.2 Å². The number of ether oxygens (including phenoxy) is 2. The molecule has 0 saturated heterocycles. The largest absolute Gasteiger partial charge is 1.00 e. The van der Waals surface area contributed by atoms with Crippen molar-refractivity contribution in [3.05, 3.63) is 93.5 Å². The summed E-state index contributed by atoms with van der Waals surface area (Å²) in [7, 11) is 1.62. The van der Waals surface area contributed by atoms with Crippen molar-refractivity contribution in [2.24, 2.45) is 0 Å². The van der Waals surface area contributed by atoms with Gasteiger partial charge in [0.25, 0.3) is 0 Å². The van der Waals surface area contributed by atoms with Crippen molar-refractivity contribution in [2.75, 3.05) is 7.11 Å². The third-order valence-electron chi connectivity index (χ3n) is 4.95. The van der Waals surface area contributed by atoms with Gasteiger partial charge in [-0.2, -0.15) is 0 Å². The van der Waals surface area contributed by atoms with E-state index in [0.717, 1.165) is 24.0 Å². The summed E-state index contributed by atoms with van der Waals surface area (Å²) in [4.78, 5) is 0. The van der Waals surface area contributed by atoms with Gasteiger partial charge >= 0.3 is 0 Å². The third-order valence-corrected chi connectivity index (χ3v) is 5.60. The molecule has 0 bridgehead atoms. The van der Waals surface area contributed by atoms with Crippen LogP contribution in [0, 0.1) is 0 Å². The fourth-order valence-corrected chi connectivity index (χ4v) is 3.86. The summed E-state index contributed by atoms with van der Waals surface area (Å²) in [6.45, 7) is 3.20. The molecular formula is C25H27Cl3NO2-. The van der Waals surface area contributed by atoms with Crippen molar-refractivity contribution in [1.82, 2.24) is 5.32 Å². The van der Waals surface area contributed by atoms with Crippen LogP contribution in [-0.4, -0.2) is 7.11 Å². The number of hydrogen-bond donors (Lipinski definition) is 1. The molecule has 1 unspecified atom stereocenters. The first-order valence-corrected chi connectivity index (χ1v) is 10.9. The van der Waals surface area contributed by atoms with Crippen LogP contribution in [-0.2, 0) is 13.2 Å². The molecule has 3 nitrogen and oxygen atoms in total. The van der Waals surface area contributed by atoms with Crippen molar-refractivity contribution in [1.29, 1.82) is 0 Å². The maximum absolute atomic E-state index is 6.55. The average Bonchev–Trinajstić information content (AvgIpc) is 2.77. The van der Waals surface area contributed by atoms with E-state index in [2.05, 4.69) is 36.5 Å². The first-order valence-electron chi connectivity index (χ1n) is 10.1. The van der Waals surface area contributed by atoms with Gasteiger partial charge in [-0.1, -0.05) is 85.1 Å².